The third-order valence-corrected chi connectivity index (χ3v) is 5.82. The molecule has 140 valence electrons. The lowest BCUT2D eigenvalue weighted by Gasteiger charge is -2.26. The van der Waals surface area contributed by atoms with Crippen LogP contribution in [0.1, 0.15) is 24.0 Å². The summed E-state index contributed by atoms with van der Waals surface area (Å²) in [6, 6.07) is 17.4. The number of carbonyl (C=O) groups is 2. The molecule has 2 N–H and O–H groups in total. The van der Waals surface area contributed by atoms with Crippen molar-refractivity contribution >= 4 is 11.9 Å². The molecule has 0 saturated heterocycles. The highest BCUT2D eigenvalue weighted by Crippen LogP contribution is 2.60. The van der Waals surface area contributed by atoms with Crippen LogP contribution in [-0.4, -0.2) is 30.1 Å². The zero-order chi connectivity index (χ0) is 18.9. The number of carbonyl (C=O) groups excluding carboxylic acids is 1. The van der Waals surface area contributed by atoms with Crippen LogP contribution in [-0.2, 0) is 21.4 Å². The quantitative estimate of drug-likeness (QED) is 0.825. The molecule has 1 spiro atoms. The molecule has 1 aliphatic carbocycles. The Labute approximate surface area is 158 Å². The van der Waals surface area contributed by atoms with Crippen LogP contribution in [0.2, 0.25) is 0 Å². The second-order valence-electron chi connectivity index (χ2n) is 7.48. The highest BCUT2D eigenvalue weighted by atomic mass is 16.5. The zero-order valence-electron chi connectivity index (χ0n) is 15.1. The molecular formula is C22H23NO4. The fourth-order valence-electron chi connectivity index (χ4n) is 4.20. The topological polar surface area (TPSA) is 75.6 Å². The molecule has 0 radical (unpaired) electrons. The number of hydrogen-bond acceptors (Lipinski definition) is 3. The molecule has 0 bridgehead atoms. The first kappa shape index (κ1) is 17.6. The summed E-state index contributed by atoms with van der Waals surface area (Å²) in [5.74, 6) is -0.805. The summed E-state index contributed by atoms with van der Waals surface area (Å²) < 4.78 is 5.71. The Morgan fingerprint density at radius 2 is 1.89 bits per heavy atom. The van der Waals surface area contributed by atoms with Gasteiger partial charge in [-0.05, 0) is 30.9 Å². The Morgan fingerprint density at radius 1 is 1.15 bits per heavy atom. The molecule has 1 heterocycles. The number of carboxylic acids is 1. The normalized spacial score (nSPS) is 23.8. The molecular weight excluding hydrogens is 342 g/mol. The lowest BCUT2D eigenvalue weighted by Crippen LogP contribution is -2.37. The predicted molar refractivity (Wildman–Crippen MR) is 101 cm³/mol. The van der Waals surface area contributed by atoms with Crippen molar-refractivity contribution in [2.24, 2.45) is 11.8 Å². The van der Waals surface area contributed by atoms with Crippen molar-refractivity contribution in [2.75, 3.05) is 13.2 Å². The van der Waals surface area contributed by atoms with Gasteiger partial charge in [-0.3, -0.25) is 9.59 Å². The summed E-state index contributed by atoms with van der Waals surface area (Å²) in [7, 11) is 0. The molecule has 5 heteroatoms. The molecule has 2 aromatic carbocycles. The van der Waals surface area contributed by atoms with E-state index in [1.807, 2.05) is 54.6 Å². The Balaban J connectivity index is 1.40. The van der Waals surface area contributed by atoms with E-state index < -0.39 is 11.9 Å². The minimum atomic E-state index is -0.888. The van der Waals surface area contributed by atoms with Crippen molar-refractivity contribution in [2.45, 2.75) is 24.7 Å². The van der Waals surface area contributed by atoms with Gasteiger partial charge >= 0.3 is 5.97 Å². The SMILES string of the molecule is O=C(O)C(CNC(=O)[C@@H]1C[C@]12CCOc1ccccc12)Cc1ccccc1. The Kier molecular flexibility index (Phi) is 4.60. The maximum absolute atomic E-state index is 12.7. The first-order chi connectivity index (χ1) is 13.1. The summed E-state index contributed by atoms with van der Waals surface area (Å²) in [5.41, 5.74) is 1.92. The number of amides is 1. The van der Waals surface area contributed by atoms with Crippen LogP contribution in [0.25, 0.3) is 0 Å². The molecule has 1 saturated carbocycles. The second-order valence-corrected chi connectivity index (χ2v) is 7.48. The smallest absolute Gasteiger partial charge is 0.308 e. The number of fused-ring (bicyclic) bond motifs is 2. The Bertz CT molecular complexity index is 850. The van der Waals surface area contributed by atoms with Gasteiger partial charge in [-0.2, -0.15) is 0 Å². The van der Waals surface area contributed by atoms with Crippen LogP contribution in [0.5, 0.6) is 5.75 Å². The minimum Gasteiger partial charge on any atom is -0.493 e. The number of para-hydroxylation sites is 1. The number of rotatable bonds is 6. The van der Waals surface area contributed by atoms with Crippen molar-refractivity contribution in [1.82, 2.24) is 5.32 Å². The highest BCUT2D eigenvalue weighted by molar-refractivity contribution is 5.85. The number of benzene rings is 2. The fraction of sp³-hybridized carbons (Fsp3) is 0.364. The predicted octanol–water partition coefficient (Wildman–Crippen LogP) is 2.79. The molecule has 2 aromatic rings. The van der Waals surface area contributed by atoms with Gasteiger partial charge in [0.25, 0.3) is 0 Å². The highest BCUT2D eigenvalue weighted by Gasteiger charge is 2.60. The van der Waals surface area contributed by atoms with E-state index in [1.165, 1.54) is 0 Å². The van der Waals surface area contributed by atoms with Gasteiger partial charge in [-0.25, -0.2) is 0 Å². The van der Waals surface area contributed by atoms with E-state index in [0.29, 0.717) is 13.0 Å². The van der Waals surface area contributed by atoms with Crippen molar-refractivity contribution in [1.29, 1.82) is 0 Å². The molecule has 0 aromatic heterocycles. The van der Waals surface area contributed by atoms with Gasteiger partial charge in [0, 0.05) is 23.4 Å². The molecule has 3 atom stereocenters. The van der Waals surface area contributed by atoms with Gasteiger partial charge in [-0.1, -0.05) is 48.5 Å². The van der Waals surface area contributed by atoms with E-state index in [-0.39, 0.29) is 23.8 Å². The Morgan fingerprint density at radius 3 is 2.67 bits per heavy atom. The van der Waals surface area contributed by atoms with E-state index >= 15 is 0 Å². The van der Waals surface area contributed by atoms with Gasteiger partial charge in [0.2, 0.25) is 5.91 Å². The lowest BCUT2D eigenvalue weighted by molar-refractivity contribution is -0.141. The van der Waals surface area contributed by atoms with Crippen LogP contribution >= 0.6 is 0 Å². The monoisotopic (exact) mass is 365 g/mol. The van der Waals surface area contributed by atoms with E-state index in [4.69, 9.17) is 4.74 Å². The summed E-state index contributed by atoms with van der Waals surface area (Å²) in [5, 5.41) is 12.4. The van der Waals surface area contributed by atoms with E-state index in [9.17, 15) is 14.7 Å². The summed E-state index contributed by atoms with van der Waals surface area (Å²) in [6.07, 6.45) is 2.03. The van der Waals surface area contributed by atoms with E-state index in [2.05, 4.69) is 5.32 Å². The maximum atomic E-state index is 12.7. The number of ether oxygens (including phenoxy) is 1. The third kappa shape index (κ3) is 3.42. The average Bonchev–Trinajstić information content (AvgIpc) is 3.40. The molecule has 1 aliphatic heterocycles. The van der Waals surface area contributed by atoms with Crippen LogP contribution in [0, 0.1) is 11.8 Å². The van der Waals surface area contributed by atoms with Crippen molar-refractivity contribution < 1.29 is 19.4 Å². The number of aliphatic carboxylic acids is 1. The summed E-state index contributed by atoms with van der Waals surface area (Å²) in [4.78, 5) is 24.3. The van der Waals surface area contributed by atoms with Crippen molar-refractivity contribution in [3.05, 3.63) is 65.7 Å². The molecule has 27 heavy (non-hydrogen) atoms. The largest absolute Gasteiger partial charge is 0.493 e. The van der Waals surface area contributed by atoms with Crippen LogP contribution < -0.4 is 10.1 Å². The van der Waals surface area contributed by atoms with Gasteiger partial charge in [0.15, 0.2) is 0 Å². The van der Waals surface area contributed by atoms with Gasteiger partial charge in [0.05, 0.1) is 12.5 Å². The minimum absolute atomic E-state index is 0.0500. The number of carboxylic acid groups (broad SMARTS) is 1. The summed E-state index contributed by atoms with van der Waals surface area (Å²) >= 11 is 0. The van der Waals surface area contributed by atoms with Crippen LogP contribution in [0.15, 0.2) is 54.6 Å². The van der Waals surface area contributed by atoms with Gasteiger partial charge in [-0.15, -0.1) is 0 Å². The average molecular weight is 365 g/mol. The number of nitrogens with one attached hydrogen (secondary N) is 1. The number of hydrogen-bond donors (Lipinski definition) is 2. The van der Waals surface area contributed by atoms with Crippen molar-refractivity contribution in [3.8, 4) is 5.75 Å². The summed E-state index contributed by atoms with van der Waals surface area (Å²) in [6.45, 7) is 0.764. The van der Waals surface area contributed by atoms with Gasteiger partial charge in [0.1, 0.15) is 5.75 Å². The molecule has 1 unspecified atom stereocenters. The maximum Gasteiger partial charge on any atom is 0.308 e. The molecule has 1 fully saturated rings. The van der Waals surface area contributed by atoms with E-state index in [1.54, 1.807) is 0 Å². The zero-order valence-corrected chi connectivity index (χ0v) is 15.1. The van der Waals surface area contributed by atoms with E-state index in [0.717, 1.165) is 29.7 Å². The first-order valence-corrected chi connectivity index (χ1v) is 9.37. The molecule has 1 amide bonds. The molecule has 2 aliphatic rings. The second kappa shape index (κ2) is 7.06. The fourth-order valence-corrected chi connectivity index (χ4v) is 4.20. The van der Waals surface area contributed by atoms with Crippen LogP contribution in [0.3, 0.4) is 0 Å². The molecule has 5 nitrogen and oxygen atoms in total. The Hall–Kier alpha value is -2.82. The lowest BCUT2D eigenvalue weighted by atomic mass is 9.87. The first-order valence-electron chi connectivity index (χ1n) is 9.37. The van der Waals surface area contributed by atoms with Crippen molar-refractivity contribution in [3.63, 3.8) is 0 Å². The van der Waals surface area contributed by atoms with Gasteiger partial charge < -0.3 is 15.2 Å². The molecule has 4 rings (SSSR count). The van der Waals surface area contributed by atoms with Crippen LogP contribution in [0.4, 0.5) is 0 Å². The standard InChI is InChI=1S/C22H23NO4/c24-20(23-14-16(21(25)26)12-15-6-2-1-3-7-15)18-13-22(18)10-11-27-19-9-5-4-8-17(19)22/h1-9,16,18H,10-14H2,(H,23,24)(H,25,26)/t16?,18-,22-/m0/s1. The third-order valence-electron chi connectivity index (χ3n) is 5.82.